The maximum Gasteiger partial charge on any atom is 0.129 e. The molecule has 2 aliphatic rings. The number of nitrogens with one attached hydrogen (secondary N) is 1. The molecule has 1 saturated heterocycles. The highest BCUT2D eigenvalue weighted by Gasteiger charge is 2.39. The number of hydrogen-bond donors (Lipinski definition) is 1. The fourth-order valence-corrected chi connectivity index (χ4v) is 2.68. The third kappa shape index (κ3) is 1.46. The molecule has 2 heterocycles. The maximum absolute atomic E-state index is 7.60. The Labute approximate surface area is 95.2 Å². The Bertz CT molecular complexity index is 428. The van der Waals surface area contributed by atoms with Gasteiger partial charge in [0.2, 0.25) is 0 Å². The van der Waals surface area contributed by atoms with Crippen LogP contribution in [0.15, 0.2) is 12.3 Å². The average molecular weight is 226 g/mol. The van der Waals surface area contributed by atoms with Crippen molar-refractivity contribution in [1.82, 2.24) is 10.3 Å². The molecular weight excluding hydrogens is 212 g/mol. The molecular formula is C11H13ClN2O. The van der Waals surface area contributed by atoms with Gasteiger partial charge in [0.15, 0.2) is 0 Å². The van der Waals surface area contributed by atoms with Crippen LogP contribution in [0.5, 0.6) is 0 Å². The first kappa shape index (κ1) is 8.50. The van der Waals surface area contributed by atoms with Crippen molar-refractivity contribution in [2.45, 2.75) is 24.8 Å². The van der Waals surface area contributed by atoms with Gasteiger partial charge in [-0.3, -0.25) is 5.32 Å². The molecule has 0 aromatic carbocycles. The minimum absolute atomic E-state index is 0.211. The summed E-state index contributed by atoms with van der Waals surface area (Å²) in [7, 11) is 0. The fraction of sp³-hybridized carbons (Fsp3) is 0.545. The van der Waals surface area contributed by atoms with Crippen LogP contribution < -0.4 is 5.32 Å². The van der Waals surface area contributed by atoms with Crippen molar-refractivity contribution in [2.24, 2.45) is 0 Å². The van der Waals surface area contributed by atoms with E-state index >= 15 is 0 Å². The molecule has 1 unspecified atom stereocenters. The predicted molar refractivity (Wildman–Crippen MR) is 57.8 cm³/mol. The summed E-state index contributed by atoms with van der Waals surface area (Å²) in [6.45, 7) is -0.0704. The Balaban J connectivity index is 2.06. The number of ether oxygens (including phenoxy) is 1. The lowest BCUT2D eigenvalue weighted by Crippen LogP contribution is -2.42. The third-order valence-corrected chi connectivity index (χ3v) is 3.48. The quantitative estimate of drug-likeness (QED) is 0.685. The summed E-state index contributed by atoms with van der Waals surface area (Å²) in [5.74, 6) is 0. The second kappa shape index (κ2) is 3.44. The van der Waals surface area contributed by atoms with Gasteiger partial charge in [-0.15, -0.1) is 0 Å². The molecule has 0 amide bonds. The van der Waals surface area contributed by atoms with Crippen molar-refractivity contribution < 1.29 is 6.11 Å². The number of aryl methyl sites for hydroxylation is 1. The Morgan fingerprint density at radius 3 is 3.40 bits per heavy atom. The van der Waals surface area contributed by atoms with E-state index in [9.17, 15) is 0 Å². The second-order valence-electron chi connectivity index (χ2n) is 4.17. The highest BCUT2D eigenvalue weighted by atomic mass is 35.5. The normalized spacial score (nSPS) is 35.3. The number of hydrogen-bond acceptors (Lipinski definition) is 3. The number of fused-ring (bicyclic) bond motifs is 2. The molecule has 1 spiro atoms. The van der Waals surface area contributed by atoms with Crippen molar-refractivity contribution in [2.75, 3.05) is 13.3 Å². The maximum atomic E-state index is 7.60. The zero-order valence-corrected chi connectivity index (χ0v) is 9.05. The van der Waals surface area contributed by atoms with Gasteiger partial charge in [0, 0.05) is 6.20 Å². The molecule has 1 N–H and O–H groups in total. The molecule has 80 valence electrons. The lowest BCUT2D eigenvalue weighted by Gasteiger charge is -2.34. The van der Waals surface area contributed by atoms with Crippen molar-refractivity contribution in [3.8, 4) is 0 Å². The van der Waals surface area contributed by atoms with E-state index in [4.69, 9.17) is 17.7 Å². The first-order chi connectivity index (χ1) is 7.70. The standard InChI is InChI=1S/C11H13ClN2O/c12-10-4-8-2-1-3-11(6-15-7-14-11)9(8)5-13-10/h4-5,14H,1-3,6-7H2/i7D/t7-,11?/m0/s1. The number of pyridine rings is 1. The molecule has 2 atom stereocenters. The van der Waals surface area contributed by atoms with Gasteiger partial charge in [0.1, 0.15) is 5.15 Å². The van der Waals surface area contributed by atoms with Crippen LogP contribution in [0.2, 0.25) is 5.15 Å². The van der Waals surface area contributed by atoms with Gasteiger partial charge < -0.3 is 4.74 Å². The van der Waals surface area contributed by atoms with Crippen LogP contribution in [-0.4, -0.2) is 18.3 Å². The highest BCUT2D eigenvalue weighted by molar-refractivity contribution is 6.29. The van der Waals surface area contributed by atoms with Crippen molar-refractivity contribution in [3.63, 3.8) is 0 Å². The Morgan fingerprint density at radius 1 is 1.67 bits per heavy atom. The molecule has 0 bridgehead atoms. The molecule has 0 radical (unpaired) electrons. The zero-order valence-electron chi connectivity index (χ0n) is 9.29. The number of aromatic nitrogens is 1. The Hall–Kier alpha value is -0.640. The predicted octanol–water partition coefficient (Wildman–Crippen LogP) is 1.84. The molecule has 1 aliphatic heterocycles. The van der Waals surface area contributed by atoms with E-state index in [-0.39, 0.29) is 5.54 Å². The lowest BCUT2D eigenvalue weighted by molar-refractivity contribution is 0.171. The second-order valence-corrected chi connectivity index (χ2v) is 4.56. The zero-order chi connectivity index (χ0) is 11.2. The monoisotopic (exact) mass is 225 g/mol. The summed E-state index contributed by atoms with van der Waals surface area (Å²) in [5, 5.41) is 3.75. The summed E-state index contributed by atoms with van der Waals surface area (Å²) in [4.78, 5) is 4.15. The van der Waals surface area contributed by atoms with Gasteiger partial charge in [-0.2, -0.15) is 0 Å². The minimum Gasteiger partial charge on any atom is -0.364 e. The summed E-state index contributed by atoms with van der Waals surface area (Å²) >= 11 is 5.90. The first-order valence-electron chi connectivity index (χ1n) is 5.74. The summed E-state index contributed by atoms with van der Waals surface area (Å²) < 4.78 is 12.9. The fourth-order valence-electron chi connectivity index (χ4n) is 2.50. The molecule has 1 aromatic rings. The van der Waals surface area contributed by atoms with Crippen LogP contribution in [0.4, 0.5) is 0 Å². The topological polar surface area (TPSA) is 34.2 Å². The van der Waals surface area contributed by atoms with Crippen LogP contribution in [0.25, 0.3) is 0 Å². The molecule has 1 aromatic heterocycles. The van der Waals surface area contributed by atoms with Crippen LogP contribution >= 0.6 is 11.6 Å². The molecule has 3 nitrogen and oxygen atoms in total. The van der Waals surface area contributed by atoms with Gasteiger partial charge in [0.25, 0.3) is 0 Å². The largest absolute Gasteiger partial charge is 0.364 e. The van der Waals surface area contributed by atoms with Gasteiger partial charge in [-0.1, -0.05) is 11.6 Å². The molecule has 1 aliphatic carbocycles. The third-order valence-electron chi connectivity index (χ3n) is 3.27. The van der Waals surface area contributed by atoms with E-state index in [1.54, 1.807) is 0 Å². The van der Waals surface area contributed by atoms with Crippen LogP contribution in [0, 0.1) is 0 Å². The van der Waals surface area contributed by atoms with Gasteiger partial charge in [-0.25, -0.2) is 4.98 Å². The van der Waals surface area contributed by atoms with Crippen LogP contribution in [-0.2, 0) is 16.7 Å². The number of rotatable bonds is 0. The summed E-state index contributed by atoms with van der Waals surface area (Å²) in [6, 6.07) is 1.93. The SMILES string of the molecule is [2H][C@H]1NC2(CCCc3cc(Cl)ncc32)CO1. The van der Waals surface area contributed by atoms with E-state index < -0.39 is 6.71 Å². The molecule has 4 heteroatoms. The minimum atomic E-state index is -0.623. The summed E-state index contributed by atoms with van der Waals surface area (Å²) in [5.41, 5.74) is 2.17. The van der Waals surface area contributed by atoms with Crippen molar-refractivity contribution >= 4 is 11.6 Å². The van der Waals surface area contributed by atoms with E-state index in [1.165, 1.54) is 5.56 Å². The molecule has 1 fully saturated rings. The smallest absolute Gasteiger partial charge is 0.129 e. The number of halogens is 1. The summed E-state index contributed by atoms with van der Waals surface area (Å²) in [6.07, 6.45) is 4.95. The van der Waals surface area contributed by atoms with E-state index in [0.29, 0.717) is 11.8 Å². The molecule has 3 rings (SSSR count). The van der Waals surface area contributed by atoms with Crippen molar-refractivity contribution in [3.05, 3.63) is 28.5 Å². The van der Waals surface area contributed by atoms with Crippen LogP contribution in [0.1, 0.15) is 25.3 Å². The van der Waals surface area contributed by atoms with E-state index in [1.807, 2.05) is 12.3 Å². The number of nitrogens with zero attached hydrogens (tertiary/aromatic N) is 1. The van der Waals surface area contributed by atoms with E-state index in [0.717, 1.165) is 24.8 Å². The lowest BCUT2D eigenvalue weighted by atomic mass is 9.78. The van der Waals surface area contributed by atoms with Crippen molar-refractivity contribution in [1.29, 1.82) is 0 Å². The molecule has 15 heavy (non-hydrogen) atoms. The van der Waals surface area contributed by atoms with Gasteiger partial charge in [-0.05, 0) is 36.5 Å². The van der Waals surface area contributed by atoms with Gasteiger partial charge in [0.05, 0.1) is 20.2 Å². The van der Waals surface area contributed by atoms with Gasteiger partial charge >= 0.3 is 0 Å². The average Bonchev–Trinajstić information content (AvgIpc) is 2.61. The Kier molecular flexibility index (Phi) is 1.95. The first-order valence-corrected chi connectivity index (χ1v) is 5.54. The van der Waals surface area contributed by atoms with Crippen LogP contribution in [0.3, 0.4) is 0 Å². The van der Waals surface area contributed by atoms with E-state index in [2.05, 4.69) is 10.3 Å². The Morgan fingerprint density at radius 2 is 2.60 bits per heavy atom. The highest BCUT2D eigenvalue weighted by Crippen LogP contribution is 2.37. The molecule has 0 saturated carbocycles.